The summed E-state index contributed by atoms with van der Waals surface area (Å²) in [6.07, 6.45) is 2.80. The number of halogens is 1. The summed E-state index contributed by atoms with van der Waals surface area (Å²) in [5.41, 5.74) is 0.697. The van der Waals surface area contributed by atoms with Crippen molar-refractivity contribution in [1.82, 2.24) is 19.9 Å². The van der Waals surface area contributed by atoms with E-state index in [1.807, 2.05) is 53.7 Å². The zero-order chi connectivity index (χ0) is 32.5. The second-order valence-electron chi connectivity index (χ2n) is 13.1. The van der Waals surface area contributed by atoms with Crippen LogP contribution in [0.3, 0.4) is 0 Å². The fourth-order valence-electron chi connectivity index (χ4n) is 6.57. The lowest BCUT2D eigenvalue weighted by molar-refractivity contribution is -0.165. The van der Waals surface area contributed by atoms with Gasteiger partial charge in [0, 0.05) is 12.1 Å². The van der Waals surface area contributed by atoms with Crippen molar-refractivity contribution in [3.63, 3.8) is 0 Å². The van der Waals surface area contributed by atoms with E-state index in [4.69, 9.17) is 18.6 Å². The average molecular weight is 627 g/mol. The van der Waals surface area contributed by atoms with Gasteiger partial charge >= 0.3 is 12.0 Å². The molecule has 0 radical (unpaired) electrons. The highest BCUT2D eigenvalue weighted by Crippen LogP contribution is 2.44. The Morgan fingerprint density at radius 3 is 2.44 bits per heavy atom. The molecule has 1 saturated carbocycles. The number of fused-ring (bicyclic) bond motifs is 1. The molecule has 12 heteroatoms. The summed E-state index contributed by atoms with van der Waals surface area (Å²) in [7, 11) is 0. The Kier molecular flexibility index (Phi) is 9.23. The zero-order valence-corrected chi connectivity index (χ0v) is 26.9. The summed E-state index contributed by atoms with van der Waals surface area (Å²) in [5.74, 6) is -0.353. The highest BCUT2D eigenvalue weighted by Gasteiger charge is 2.57. The number of oxazole rings is 1. The molecule has 2 aliphatic rings. The molecule has 5 rings (SSSR count). The number of rotatable bonds is 10. The van der Waals surface area contributed by atoms with Crippen molar-refractivity contribution in [3.8, 4) is 29.1 Å². The lowest BCUT2D eigenvalue weighted by Crippen LogP contribution is -2.61. The van der Waals surface area contributed by atoms with E-state index in [1.165, 1.54) is 4.90 Å². The van der Waals surface area contributed by atoms with Crippen LogP contribution in [0.2, 0.25) is 0 Å². The molecule has 2 fully saturated rings. The normalized spacial score (nSPS) is 22.1. The van der Waals surface area contributed by atoms with Crippen LogP contribution in [-0.2, 0) is 9.59 Å². The maximum atomic E-state index is 14.5. The third kappa shape index (κ3) is 6.28. The smallest absolute Gasteiger partial charge is 0.330 e. The minimum Gasteiger partial charge on any atom is -0.483 e. The largest absolute Gasteiger partial charge is 0.483 e. The highest BCUT2D eigenvalue weighted by molar-refractivity contribution is 5.89. The molecule has 1 N–H and O–H groups in total. The molecule has 1 aromatic carbocycles. The molecule has 3 heterocycles. The molecule has 11 nitrogen and oxygen atoms in total. The number of amides is 1. The number of hydrogen-bond donors (Lipinski definition) is 1. The molecule has 0 bridgehead atoms. The monoisotopic (exact) mass is 626 g/mol. The molecule has 0 unspecified atom stereocenters. The van der Waals surface area contributed by atoms with Crippen molar-refractivity contribution in [2.24, 2.45) is 5.41 Å². The van der Waals surface area contributed by atoms with Crippen LogP contribution in [0.25, 0.3) is 22.7 Å². The SMILES string of the molecule is CCCOc1nc(O[C@@H]2CCCC[C@H]2F)nc2oc(-c3cc(C)c(OCC(=O)N4CCC[C@@]4(C(=O)O)C(C)(C)C)c(C)c3)nc12. The van der Waals surface area contributed by atoms with Gasteiger partial charge in [0.25, 0.3) is 17.5 Å². The number of carbonyl (C=O) groups excluding carboxylic acids is 1. The van der Waals surface area contributed by atoms with Gasteiger partial charge in [-0.3, -0.25) is 4.79 Å². The fourth-order valence-corrected chi connectivity index (χ4v) is 6.57. The molecule has 3 aromatic rings. The zero-order valence-electron chi connectivity index (χ0n) is 26.9. The molecule has 1 saturated heterocycles. The Bertz CT molecular complexity index is 1550. The predicted octanol–water partition coefficient (Wildman–Crippen LogP) is 6.22. The van der Waals surface area contributed by atoms with E-state index in [2.05, 4.69) is 15.0 Å². The van der Waals surface area contributed by atoms with Crippen LogP contribution in [0.4, 0.5) is 4.39 Å². The lowest BCUT2D eigenvalue weighted by atomic mass is 9.71. The van der Waals surface area contributed by atoms with E-state index in [9.17, 15) is 19.1 Å². The number of carboxylic acids is 1. The van der Waals surface area contributed by atoms with Crippen molar-refractivity contribution < 1.29 is 37.7 Å². The van der Waals surface area contributed by atoms with Crippen molar-refractivity contribution in [3.05, 3.63) is 23.3 Å². The third-order valence-corrected chi connectivity index (χ3v) is 8.85. The summed E-state index contributed by atoms with van der Waals surface area (Å²) in [4.78, 5) is 40.6. The summed E-state index contributed by atoms with van der Waals surface area (Å²) >= 11 is 0. The van der Waals surface area contributed by atoms with Gasteiger partial charge in [-0.25, -0.2) is 14.2 Å². The number of nitrogens with zero attached hydrogens (tertiary/aromatic N) is 4. The molecule has 1 aliphatic heterocycles. The Labute approximate surface area is 262 Å². The van der Waals surface area contributed by atoms with Crippen LogP contribution in [0, 0.1) is 19.3 Å². The molecule has 1 amide bonds. The van der Waals surface area contributed by atoms with Gasteiger partial charge in [0.15, 0.2) is 12.1 Å². The number of aliphatic carboxylic acids is 1. The van der Waals surface area contributed by atoms with Crippen LogP contribution in [0.5, 0.6) is 17.6 Å². The van der Waals surface area contributed by atoms with E-state index in [-0.39, 0.29) is 36.0 Å². The van der Waals surface area contributed by atoms with E-state index < -0.39 is 29.2 Å². The van der Waals surface area contributed by atoms with Gasteiger partial charge in [-0.05, 0) is 81.0 Å². The molecule has 244 valence electrons. The third-order valence-electron chi connectivity index (χ3n) is 8.85. The molecular formula is C33H43FN4O7. The number of likely N-dealkylation sites (tertiary alicyclic amines) is 1. The average Bonchev–Trinajstić information content (AvgIpc) is 3.62. The first kappa shape index (κ1) is 32.4. The van der Waals surface area contributed by atoms with Crippen molar-refractivity contribution >= 4 is 23.1 Å². The first-order valence-electron chi connectivity index (χ1n) is 15.8. The van der Waals surface area contributed by atoms with Gasteiger partial charge in [-0.1, -0.05) is 34.1 Å². The van der Waals surface area contributed by atoms with Gasteiger partial charge < -0.3 is 28.6 Å². The Balaban J connectivity index is 1.38. The topological polar surface area (TPSA) is 137 Å². The minimum absolute atomic E-state index is 0.0111. The molecule has 2 aromatic heterocycles. The standard InChI is InChI=1S/C33H43FN4O7/c1-7-15-42-28-25-29(37-31(36-28)44-23-12-9-8-11-22(23)34)45-27(35-25)21-16-19(2)26(20(3)17-21)43-18-24(39)38-14-10-13-33(38,30(40)41)32(4,5)6/h16-17,22-23H,7-15,18H2,1-6H3,(H,40,41)/t22-,23-,33-/m1/s1. The molecule has 3 atom stereocenters. The van der Waals surface area contributed by atoms with E-state index in [0.717, 1.165) is 30.4 Å². The van der Waals surface area contributed by atoms with Crippen LogP contribution < -0.4 is 14.2 Å². The van der Waals surface area contributed by atoms with E-state index in [0.29, 0.717) is 55.7 Å². The Hall–Kier alpha value is -3.96. The highest BCUT2D eigenvalue weighted by atomic mass is 19.1. The molecule has 1 aliphatic carbocycles. The van der Waals surface area contributed by atoms with Crippen molar-refractivity contribution in [2.45, 2.75) is 104 Å². The Morgan fingerprint density at radius 1 is 1.09 bits per heavy atom. The Morgan fingerprint density at radius 2 is 1.80 bits per heavy atom. The number of ether oxygens (including phenoxy) is 3. The van der Waals surface area contributed by atoms with Crippen LogP contribution in [-0.4, -0.2) is 74.4 Å². The second-order valence-corrected chi connectivity index (χ2v) is 13.1. The first-order valence-corrected chi connectivity index (χ1v) is 15.8. The van der Waals surface area contributed by atoms with E-state index in [1.54, 1.807) is 0 Å². The first-order chi connectivity index (χ1) is 21.4. The quantitative estimate of drug-likeness (QED) is 0.276. The molecule has 0 spiro atoms. The van der Waals surface area contributed by atoms with Gasteiger partial charge in [0.2, 0.25) is 5.89 Å². The van der Waals surface area contributed by atoms with Gasteiger partial charge in [-0.15, -0.1) is 0 Å². The predicted molar refractivity (Wildman–Crippen MR) is 164 cm³/mol. The second kappa shape index (κ2) is 12.8. The number of carbonyl (C=O) groups is 2. The van der Waals surface area contributed by atoms with Crippen molar-refractivity contribution in [1.29, 1.82) is 0 Å². The number of hydrogen-bond acceptors (Lipinski definition) is 9. The molecule has 45 heavy (non-hydrogen) atoms. The van der Waals surface area contributed by atoms with Crippen LogP contribution >= 0.6 is 0 Å². The number of aryl methyl sites for hydroxylation is 2. The summed E-state index contributed by atoms with van der Waals surface area (Å²) in [6, 6.07) is 3.65. The summed E-state index contributed by atoms with van der Waals surface area (Å²) < 4.78 is 38.2. The summed E-state index contributed by atoms with van der Waals surface area (Å²) in [5, 5.41) is 10.2. The lowest BCUT2D eigenvalue weighted by Gasteiger charge is -2.44. The van der Waals surface area contributed by atoms with Crippen LogP contribution in [0.1, 0.15) is 83.8 Å². The van der Waals surface area contributed by atoms with Gasteiger partial charge in [0.05, 0.1) is 6.61 Å². The summed E-state index contributed by atoms with van der Waals surface area (Å²) in [6.45, 7) is 11.7. The fraction of sp³-hybridized carbons (Fsp3) is 0.606. The number of carboxylic acid groups (broad SMARTS) is 1. The van der Waals surface area contributed by atoms with Crippen molar-refractivity contribution in [2.75, 3.05) is 19.8 Å². The maximum absolute atomic E-state index is 14.5. The van der Waals surface area contributed by atoms with Crippen LogP contribution in [0.15, 0.2) is 16.5 Å². The number of aromatic nitrogens is 3. The maximum Gasteiger partial charge on any atom is 0.330 e. The van der Waals surface area contributed by atoms with Gasteiger partial charge in [-0.2, -0.15) is 9.97 Å². The number of benzene rings is 1. The molecular weight excluding hydrogens is 583 g/mol. The minimum atomic E-state index is -1.29. The number of alkyl halides is 1. The van der Waals surface area contributed by atoms with Gasteiger partial charge in [0.1, 0.15) is 23.6 Å². The van der Waals surface area contributed by atoms with E-state index >= 15 is 0 Å².